The molecule has 0 amide bonds. The Morgan fingerprint density at radius 1 is 1.43 bits per heavy atom. The van der Waals surface area contributed by atoms with Crippen LogP contribution < -0.4 is 5.32 Å². The van der Waals surface area contributed by atoms with Crippen LogP contribution in [0.4, 0.5) is 5.82 Å². The average Bonchev–Trinajstić information content (AvgIpc) is 3.17. The van der Waals surface area contributed by atoms with Crippen molar-refractivity contribution in [2.45, 2.75) is 32.4 Å². The van der Waals surface area contributed by atoms with Gasteiger partial charge in [0.25, 0.3) is 0 Å². The number of fused-ring (bicyclic) bond motifs is 1. The molecule has 1 N–H and O–H groups in total. The summed E-state index contributed by atoms with van der Waals surface area (Å²) in [7, 11) is 0. The van der Waals surface area contributed by atoms with Crippen molar-refractivity contribution in [2.24, 2.45) is 0 Å². The summed E-state index contributed by atoms with van der Waals surface area (Å²) >= 11 is 1.68. The van der Waals surface area contributed by atoms with Crippen LogP contribution in [0.2, 0.25) is 0 Å². The molecule has 0 bridgehead atoms. The highest BCUT2D eigenvalue weighted by Gasteiger charge is 2.22. The van der Waals surface area contributed by atoms with E-state index in [1.807, 2.05) is 13.0 Å². The second-order valence-electron chi connectivity index (χ2n) is 5.81. The molecule has 0 aromatic carbocycles. The summed E-state index contributed by atoms with van der Waals surface area (Å²) < 4.78 is 6.17. The number of rotatable bonds is 4. The van der Waals surface area contributed by atoms with Crippen molar-refractivity contribution in [3.63, 3.8) is 0 Å². The predicted octanol–water partition coefficient (Wildman–Crippen LogP) is 2.46. The number of hydrogen-bond acceptors (Lipinski definition) is 8. The molecule has 3 aromatic heterocycles. The first-order valence-corrected chi connectivity index (χ1v) is 8.62. The van der Waals surface area contributed by atoms with Crippen molar-refractivity contribution in [2.75, 3.05) is 18.4 Å². The van der Waals surface area contributed by atoms with Crippen LogP contribution in [0.1, 0.15) is 24.6 Å². The first kappa shape index (κ1) is 14.5. The molecule has 1 atom stereocenters. The Hall–Kier alpha value is -2.06. The van der Waals surface area contributed by atoms with E-state index >= 15 is 0 Å². The van der Waals surface area contributed by atoms with E-state index in [-0.39, 0.29) is 0 Å². The fraction of sp³-hybridized carbons (Fsp3) is 0.467. The molecule has 1 fully saturated rings. The fourth-order valence-electron chi connectivity index (χ4n) is 3.01. The molecule has 0 saturated carbocycles. The van der Waals surface area contributed by atoms with Gasteiger partial charge in [0.05, 0.1) is 16.8 Å². The van der Waals surface area contributed by atoms with Crippen molar-refractivity contribution < 1.29 is 4.52 Å². The van der Waals surface area contributed by atoms with Crippen LogP contribution in [0.15, 0.2) is 22.3 Å². The minimum atomic E-state index is 0.372. The maximum atomic E-state index is 5.05. The number of nitrogens with one attached hydrogen (secondary N) is 1. The van der Waals surface area contributed by atoms with Gasteiger partial charge in [-0.05, 0) is 30.8 Å². The van der Waals surface area contributed by atoms with E-state index in [0.717, 1.165) is 54.3 Å². The van der Waals surface area contributed by atoms with Crippen LogP contribution in [0.5, 0.6) is 0 Å². The van der Waals surface area contributed by atoms with Crippen LogP contribution >= 0.6 is 11.3 Å². The zero-order valence-corrected chi connectivity index (χ0v) is 13.7. The van der Waals surface area contributed by atoms with Crippen molar-refractivity contribution in [3.05, 3.63) is 29.5 Å². The van der Waals surface area contributed by atoms with Crippen molar-refractivity contribution >= 4 is 27.4 Å². The van der Waals surface area contributed by atoms with Gasteiger partial charge >= 0.3 is 0 Å². The lowest BCUT2D eigenvalue weighted by Crippen LogP contribution is -2.41. The van der Waals surface area contributed by atoms with Gasteiger partial charge in [-0.2, -0.15) is 4.98 Å². The Morgan fingerprint density at radius 3 is 3.26 bits per heavy atom. The molecular weight excluding hydrogens is 312 g/mol. The number of piperidine rings is 1. The summed E-state index contributed by atoms with van der Waals surface area (Å²) in [5.41, 5.74) is 1.00. The van der Waals surface area contributed by atoms with E-state index in [4.69, 9.17) is 4.52 Å². The molecule has 4 rings (SSSR count). The van der Waals surface area contributed by atoms with Crippen molar-refractivity contribution in [1.82, 2.24) is 25.0 Å². The summed E-state index contributed by atoms with van der Waals surface area (Å²) in [5, 5.41) is 9.62. The number of hydrogen-bond donors (Lipinski definition) is 1. The standard InChI is InChI=1S/C15H18N6OS/c1-10-18-13(20-22-10)8-21-5-2-3-11(7-21)19-15-14-12(4-6-23-14)16-9-17-15/h4,6,9,11H,2-3,5,7-8H2,1H3,(H,16,17,19)/t11-/m1/s1. The lowest BCUT2D eigenvalue weighted by atomic mass is 10.1. The van der Waals surface area contributed by atoms with E-state index in [1.165, 1.54) is 0 Å². The van der Waals surface area contributed by atoms with Gasteiger partial charge in [0, 0.05) is 19.5 Å². The number of anilines is 1. The van der Waals surface area contributed by atoms with Gasteiger partial charge in [-0.25, -0.2) is 9.97 Å². The third-order valence-electron chi connectivity index (χ3n) is 4.02. The highest BCUT2D eigenvalue weighted by molar-refractivity contribution is 7.17. The average molecular weight is 330 g/mol. The van der Waals surface area contributed by atoms with Gasteiger partial charge in [-0.1, -0.05) is 5.16 Å². The maximum Gasteiger partial charge on any atom is 0.223 e. The number of nitrogens with zero attached hydrogens (tertiary/aromatic N) is 5. The molecule has 8 heteroatoms. The smallest absolute Gasteiger partial charge is 0.223 e. The van der Waals surface area contributed by atoms with Gasteiger partial charge in [-0.3, -0.25) is 4.90 Å². The number of aryl methyl sites for hydroxylation is 1. The minimum absolute atomic E-state index is 0.372. The Bertz CT molecular complexity index is 800. The van der Waals surface area contributed by atoms with Gasteiger partial charge in [0.1, 0.15) is 12.1 Å². The summed E-state index contributed by atoms with van der Waals surface area (Å²) in [6.45, 7) is 4.56. The summed E-state index contributed by atoms with van der Waals surface area (Å²) in [6.07, 6.45) is 3.91. The molecule has 0 spiro atoms. The second kappa shape index (κ2) is 6.21. The Balaban J connectivity index is 1.44. The van der Waals surface area contributed by atoms with E-state index in [9.17, 15) is 0 Å². The van der Waals surface area contributed by atoms with Crippen molar-refractivity contribution in [1.29, 1.82) is 0 Å². The zero-order valence-electron chi connectivity index (χ0n) is 12.9. The van der Waals surface area contributed by atoms with Crippen LogP contribution in [-0.4, -0.2) is 44.1 Å². The molecule has 1 aliphatic rings. The van der Waals surface area contributed by atoms with Crippen LogP contribution in [-0.2, 0) is 6.54 Å². The number of aromatic nitrogens is 4. The summed E-state index contributed by atoms with van der Waals surface area (Å²) in [4.78, 5) is 15.4. The topological polar surface area (TPSA) is 80.0 Å². The maximum absolute atomic E-state index is 5.05. The lowest BCUT2D eigenvalue weighted by molar-refractivity contribution is 0.201. The van der Waals surface area contributed by atoms with E-state index in [0.29, 0.717) is 11.9 Å². The highest BCUT2D eigenvalue weighted by atomic mass is 32.1. The molecule has 0 aliphatic carbocycles. The molecule has 7 nitrogen and oxygen atoms in total. The van der Waals surface area contributed by atoms with E-state index < -0.39 is 0 Å². The van der Waals surface area contributed by atoms with Crippen LogP contribution in [0.25, 0.3) is 10.2 Å². The van der Waals surface area contributed by atoms with Gasteiger partial charge < -0.3 is 9.84 Å². The predicted molar refractivity (Wildman–Crippen MR) is 88.4 cm³/mol. The molecule has 0 radical (unpaired) electrons. The molecule has 1 aliphatic heterocycles. The number of likely N-dealkylation sites (tertiary alicyclic amines) is 1. The first-order valence-electron chi connectivity index (χ1n) is 7.74. The Labute approximate surface area is 137 Å². The van der Waals surface area contributed by atoms with Gasteiger partial charge in [0.2, 0.25) is 5.89 Å². The zero-order chi connectivity index (χ0) is 15.6. The largest absolute Gasteiger partial charge is 0.365 e. The quantitative estimate of drug-likeness (QED) is 0.787. The fourth-order valence-corrected chi connectivity index (χ4v) is 3.81. The third-order valence-corrected chi connectivity index (χ3v) is 4.93. The van der Waals surface area contributed by atoms with Crippen LogP contribution in [0.3, 0.4) is 0 Å². The normalized spacial score (nSPS) is 19.3. The van der Waals surface area contributed by atoms with E-state index in [2.05, 4.69) is 35.7 Å². The molecule has 120 valence electrons. The Morgan fingerprint density at radius 2 is 2.39 bits per heavy atom. The van der Waals surface area contributed by atoms with Crippen molar-refractivity contribution in [3.8, 4) is 0 Å². The summed E-state index contributed by atoms with van der Waals surface area (Å²) in [5.74, 6) is 2.31. The third kappa shape index (κ3) is 3.18. The SMILES string of the molecule is Cc1nc(CN2CCC[C@@H](Nc3ncnc4ccsc34)C2)no1. The molecule has 4 heterocycles. The summed E-state index contributed by atoms with van der Waals surface area (Å²) in [6, 6.07) is 2.40. The first-order chi connectivity index (χ1) is 11.3. The lowest BCUT2D eigenvalue weighted by Gasteiger charge is -2.32. The molecule has 23 heavy (non-hydrogen) atoms. The van der Waals surface area contributed by atoms with Crippen LogP contribution in [0, 0.1) is 6.92 Å². The molecule has 3 aromatic rings. The van der Waals surface area contributed by atoms with E-state index in [1.54, 1.807) is 17.7 Å². The minimum Gasteiger partial charge on any atom is -0.365 e. The molecule has 1 saturated heterocycles. The molecular formula is C15H18N6OS. The van der Waals surface area contributed by atoms with Gasteiger partial charge in [0.15, 0.2) is 5.82 Å². The Kier molecular flexibility index (Phi) is 3.92. The molecule has 0 unspecified atom stereocenters. The monoisotopic (exact) mass is 330 g/mol. The number of thiophene rings is 1. The highest BCUT2D eigenvalue weighted by Crippen LogP contribution is 2.26. The second-order valence-corrected chi connectivity index (χ2v) is 6.72. The van der Waals surface area contributed by atoms with Gasteiger partial charge in [-0.15, -0.1) is 11.3 Å².